The number of ether oxygens (including phenoxy) is 3. The number of hydrogen-bond acceptors (Lipinski definition) is 6. The van der Waals surface area contributed by atoms with Gasteiger partial charge in [-0.15, -0.1) is 0 Å². The fourth-order valence-electron chi connectivity index (χ4n) is 2.15. The second-order valence-electron chi connectivity index (χ2n) is 4.99. The van der Waals surface area contributed by atoms with E-state index in [1.165, 1.54) is 12.1 Å². The lowest BCUT2D eigenvalue weighted by atomic mass is 9.88. The van der Waals surface area contributed by atoms with Gasteiger partial charge in [0.25, 0.3) is 5.69 Å². The minimum atomic E-state index is -0.578. The maximum atomic E-state index is 10.8. The molecule has 3 atom stereocenters. The summed E-state index contributed by atoms with van der Waals surface area (Å²) in [6.45, 7) is 2.62. The molecule has 0 heterocycles. The molecule has 1 fully saturated rings. The van der Waals surface area contributed by atoms with Crippen LogP contribution in [0, 0.1) is 17.0 Å². The molecule has 0 radical (unpaired) electrons. The standard InChI is InChI=1S/C14H19NO6/c1-9-3-4-10(15(17)18)7-12(9)21-13-8-11(16)14(13)20-6-5-19-2/h3-4,7,11,13-14,16H,5-6,8H2,1-2H3. The number of nitro benzene ring substituents is 1. The van der Waals surface area contributed by atoms with Gasteiger partial charge in [0.2, 0.25) is 0 Å². The molecule has 0 bridgehead atoms. The topological polar surface area (TPSA) is 91.1 Å². The molecule has 1 N–H and O–H groups in total. The number of non-ortho nitro benzene ring substituents is 1. The Morgan fingerprint density at radius 2 is 2.19 bits per heavy atom. The molecule has 2 rings (SSSR count). The number of aryl methyl sites for hydroxylation is 1. The highest BCUT2D eigenvalue weighted by Crippen LogP contribution is 2.32. The van der Waals surface area contributed by atoms with Crippen molar-refractivity contribution in [2.24, 2.45) is 0 Å². The van der Waals surface area contributed by atoms with Crippen molar-refractivity contribution < 1.29 is 24.2 Å². The van der Waals surface area contributed by atoms with Crippen LogP contribution in [0.5, 0.6) is 5.75 Å². The first-order chi connectivity index (χ1) is 10.0. The molecule has 1 aromatic carbocycles. The highest BCUT2D eigenvalue weighted by Gasteiger charge is 2.43. The van der Waals surface area contributed by atoms with Crippen molar-refractivity contribution in [1.29, 1.82) is 0 Å². The fraction of sp³-hybridized carbons (Fsp3) is 0.571. The molecule has 0 aliphatic heterocycles. The summed E-state index contributed by atoms with van der Waals surface area (Å²) in [6.07, 6.45) is -0.873. The van der Waals surface area contributed by atoms with Crippen molar-refractivity contribution in [1.82, 2.24) is 0 Å². The molecule has 1 aromatic rings. The number of benzene rings is 1. The highest BCUT2D eigenvalue weighted by molar-refractivity contribution is 5.43. The summed E-state index contributed by atoms with van der Waals surface area (Å²) in [7, 11) is 1.57. The van der Waals surface area contributed by atoms with E-state index in [1.807, 2.05) is 6.92 Å². The summed E-state index contributed by atoms with van der Waals surface area (Å²) < 4.78 is 16.1. The van der Waals surface area contributed by atoms with Crippen LogP contribution in [0.25, 0.3) is 0 Å². The van der Waals surface area contributed by atoms with Crippen LogP contribution in [0.15, 0.2) is 18.2 Å². The molecule has 1 saturated carbocycles. The van der Waals surface area contributed by atoms with Crippen LogP contribution in [0.2, 0.25) is 0 Å². The molecule has 3 unspecified atom stereocenters. The quantitative estimate of drug-likeness (QED) is 0.465. The molecular weight excluding hydrogens is 278 g/mol. The number of aliphatic hydroxyl groups excluding tert-OH is 1. The Labute approximate surface area is 122 Å². The van der Waals surface area contributed by atoms with Crippen molar-refractivity contribution in [2.45, 2.75) is 31.7 Å². The van der Waals surface area contributed by atoms with E-state index in [0.717, 1.165) is 5.56 Å². The monoisotopic (exact) mass is 297 g/mol. The molecule has 7 heteroatoms. The molecule has 21 heavy (non-hydrogen) atoms. The average molecular weight is 297 g/mol. The normalized spacial score (nSPS) is 24.4. The lowest BCUT2D eigenvalue weighted by molar-refractivity contribution is -0.385. The summed E-state index contributed by atoms with van der Waals surface area (Å²) in [6, 6.07) is 4.47. The van der Waals surface area contributed by atoms with Crippen LogP contribution < -0.4 is 4.74 Å². The summed E-state index contributed by atoms with van der Waals surface area (Å²) in [5, 5.41) is 20.5. The first-order valence-electron chi connectivity index (χ1n) is 6.73. The Hall–Kier alpha value is -1.70. The number of aliphatic hydroxyl groups is 1. The van der Waals surface area contributed by atoms with Crippen molar-refractivity contribution in [2.75, 3.05) is 20.3 Å². The molecule has 7 nitrogen and oxygen atoms in total. The molecule has 1 aliphatic rings. The molecule has 0 saturated heterocycles. The van der Waals surface area contributed by atoms with Gasteiger partial charge in [0, 0.05) is 19.6 Å². The third kappa shape index (κ3) is 3.69. The predicted molar refractivity (Wildman–Crippen MR) is 74.5 cm³/mol. The molecule has 0 aromatic heterocycles. The van der Waals surface area contributed by atoms with Crippen molar-refractivity contribution >= 4 is 5.69 Å². The van der Waals surface area contributed by atoms with E-state index in [9.17, 15) is 15.2 Å². The number of methoxy groups -OCH3 is 1. The summed E-state index contributed by atoms with van der Waals surface area (Å²) >= 11 is 0. The van der Waals surface area contributed by atoms with Crippen molar-refractivity contribution in [3.8, 4) is 5.75 Å². The highest BCUT2D eigenvalue weighted by atomic mass is 16.6. The van der Waals surface area contributed by atoms with Crippen molar-refractivity contribution in [3.05, 3.63) is 33.9 Å². The first kappa shape index (κ1) is 15.7. The first-order valence-corrected chi connectivity index (χ1v) is 6.73. The zero-order valence-corrected chi connectivity index (χ0v) is 12.0. The molecule has 1 aliphatic carbocycles. The smallest absolute Gasteiger partial charge is 0.273 e. The molecule has 0 amide bonds. The third-order valence-electron chi connectivity index (χ3n) is 3.48. The number of nitro groups is 1. The third-order valence-corrected chi connectivity index (χ3v) is 3.48. The molecule has 116 valence electrons. The van der Waals surface area contributed by atoms with Crippen LogP contribution in [0.1, 0.15) is 12.0 Å². The Kier molecular flexibility index (Phi) is 5.11. The average Bonchev–Trinajstić information content (AvgIpc) is 2.44. The summed E-state index contributed by atoms with van der Waals surface area (Å²) in [5.41, 5.74) is 0.782. The van der Waals surface area contributed by atoms with Crippen LogP contribution in [0.4, 0.5) is 5.69 Å². The Bertz CT molecular complexity index is 506. The van der Waals surface area contributed by atoms with E-state index < -0.39 is 17.1 Å². The van der Waals surface area contributed by atoms with E-state index in [2.05, 4.69) is 0 Å². The van der Waals surface area contributed by atoms with Gasteiger partial charge in [-0.3, -0.25) is 10.1 Å². The van der Waals surface area contributed by atoms with Gasteiger partial charge in [-0.25, -0.2) is 0 Å². The fourth-order valence-corrected chi connectivity index (χ4v) is 2.15. The molecular formula is C14H19NO6. The van der Waals surface area contributed by atoms with Gasteiger partial charge < -0.3 is 19.3 Å². The van der Waals surface area contributed by atoms with E-state index in [4.69, 9.17) is 14.2 Å². The SMILES string of the molecule is COCCOC1C(O)CC1Oc1cc([N+](=O)[O-])ccc1C. The second-order valence-corrected chi connectivity index (χ2v) is 4.99. The van der Waals surface area contributed by atoms with Crippen LogP contribution in [-0.4, -0.2) is 48.7 Å². The predicted octanol–water partition coefficient (Wildman–Crippen LogP) is 1.45. The van der Waals surface area contributed by atoms with E-state index in [0.29, 0.717) is 25.4 Å². The van der Waals surface area contributed by atoms with E-state index in [-0.39, 0.29) is 11.8 Å². The van der Waals surface area contributed by atoms with Crippen LogP contribution >= 0.6 is 0 Å². The van der Waals surface area contributed by atoms with Gasteiger partial charge in [0.1, 0.15) is 18.0 Å². The molecule has 0 spiro atoms. The summed E-state index contributed by atoms with van der Waals surface area (Å²) in [5.74, 6) is 0.446. The van der Waals surface area contributed by atoms with E-state index in [1.54, 1.807) is 13.2 Å². The van der Waals surface area contributed by atoms with Gasteiger partial charge in [0.05, 0.1) is 30.3 Å². The minimum absolute atomic E-state index is 0.0210. The Morgan fingerprint density at radius 3 is 2.81 bits per heavy atom. The zero-order chi connectivity index (χ0) is 15.4. The maximum absolute atomic E-state index is 10.8. The lowest BCUT2D eigenvalue weighted by Gasteiger charge is -2.41. The second kappa shape index (κ2) is 6.84. The van der Waals surface area contributed by atoms with Gasteiger partial charge in [-0.05, 0) is 18.6 Å². The minimum Gasteiger partial charge on any atom is -0.487 e. The summed E-state index contributed by atoms with van der Waals surface area (Å²) in [4.78, 5) is 10.3. The number of rotatable bonds is 7. The van der Waals surface area contributed by atoms with Crippen LogP contribution in [-0.2, 0) is 9.47 Å². The Balaban J connectivity index is 2.00. The zero-order valence-electron chi connectivity index (χ0n) is 12.0. The largest absolute Gasteiger partial charge is 0.487 e. The number of hydrogen-bond donors (Lipinski definition) is 1. The number of nitrogens with zero attached hydrogens (tertiary/aromatic N) is 1. The van der Waals surface area contributed by atoms with Gasteiger partial charge in [0.15, 0.2) is 0 Å². The van der Waals surface area contributed by atoms with Crippen LogP contribution in [0.3, 0.4) is 0 Å². The Morgan fingerprint density at radius 1 is 1.43 bits per heavy atom. The van der Waals surface area contributed by atoms with Gasteiger partial charge >= 0.3 is 0 Å². The van der Waals surface area contributed by atoms with Gasteiger partial charge in [-0.1, -0.05) is 0 Å². The van der Waals surface area contributed by atoms with Crippen molar-refractivity contribution in [3.63, 3.8) is 0 Å². The van der Waals surface area contributed by atoms with Gasteiger partial charge in [-0.2, -0.15) is 0 Å². The lowest BCUT2D eigenvalue weighted by Crippen LogP contribution is -2.55. The maximum Gasteiger partial charge on any atom is 0.273 e. The van der Waals surface area contributed by atoms with E-state index >= 15 is 0 Å².